The summed E-state index contributed by atoms with van der Waals surface area (Å²) in [5, 5.41) is 47.1. The second-order valence-corrected chi connectivity index (χ2v) is 14.0. The normalized spacial score (nSPS) is 11.8. The molecule has 0 saturated carbocycles. The Hall–Kier alpha value is -6.43. The molecular weight excluding hydrogens is 752 g/mol. The molecule has 12 N–H and O–H groups in total. The number of carbonyl (C=O) groups excluding carboxylic acids is 4. The third-order valence-corrected chi connectivity index (χ3v) is 8.82. The van der Waals surface area contributed by atoms with Gasteiger partial charge in [0.1, 0.15) is 46.4 Å². The Morgan fingerprint density at radius 2 is 1.22 bits per heavy atom. The van der Waals surface area contributed by atoms with Gasteiger partial charge in [-0.2, -0.15) is 0 Å². The number of nitrogens with one attached hydrogen (secondary N) is 6. The van der Waals surface area contributed by atoms with E-state index in [1.807, 2.05) is 33.8 Å². The number of fused-ring (bicyclic) bond motifs is 2. The fourth-order valence-corrected chi connectivity index (χ4v) is 5.95. The van der Waals surface area contributed by atoms with E-state index in [1.54, 1.807) is 6.08 Å². The smallest absolute Gasteiger partial charge is 0.258 e. The molecule has 1 heterocycles. The molecule has 0 aliphatic carbocycles. The van der Waals surface area contributed by atoms with Crippen molar-refractivity contribution in [3.63, 3.8) is 0 Å². The number of aldehydes is 2. The number of carbonyl (C=O) groups is 4. The molecule has 2 aromatic carbocycles. The Morgan fingerprint density at radius 3 is 1.66 bits per heavy atom. The number of aliphatic hydroxyl groups is 1. The predicted molar refractivity (Wildman–Crippen MR) is 219 cm³/mol. The zero-order chi connectivity index (χ0) is 42.9. The van der Waals surface area contributed by atoms with Gasteiger partial charge in [0.25, 0.3) is 11.8 Å². The highest BCUT2D eigenvalue weighted by molar-refractivity contribution is 5.97. The van der Waals surface area contributed by atoms with Crippen molar-refractivity contribution >= 4 is 58.2 Å². The maximum absolute atomic E-state index is 14.4. The van der Waals surface area contributed by atoms with E-state index >= 15 is 0 Å². The lowest BCUT2D eigenvalue weighted by Crippen LogP contribution is -2.39. The second kappa shape index (κ2) is 22.3. The minimum Gasteiger partial charge on any atom is -0.507 e. The number of aromatic hydroxyl groups is 1. The molecule has 3 rings (SSSR count). The largest absolute Gasteiger partial charge is 0.507 e. The second-order valence-electron chi connectivity index (χ2n) is 14.0. The number of phenols is 1. The number of amides is 2. The molecule has 0 saturated heterocycles. The first-order chi connectivity index (χ1) is 27.6. The van der Waals surface area contributed by atoms with Crippen LogP contribution in [0.1, 0.15) is 70.1 Å². The molecule has 0 fully saturated rings. The Kier molecular flexibility index (Phi) is 17.7. The molecule has 2 amide bonds. The molecule has 3 aromatic rings. The summed E-state index contributed by atoms with van der Waals surface area (Å²) in [6.45, 7) is 6.41. The number of hydrogen-bond donors (Lipinski definition) is 10. The first kappa shape index (κ1) is 46.0. The van der Waals surface area contributed by atoms with Crippen LogP contribution in [-0.2, 0) is 38.6 Å². The summed E-state index contributed by atoms with van der Waals surface area (Å²) in [5.74, 6) is -2.02. The standard InChI is InChI=1S/C40H54N8O10/c1-22(2)9-11-26-28(19-51)30(57-21-34(53)48-25(18-50)8-6-14-46-40(43)44)16-31-35(26)38(55)36-32(58-31)15-29(27(37(36)54)12-10-23(3)4)56-20-33(52)47-24(17-49)7-5-13-45-39(41)42/h9-10,15-18,24-25,51,54H,5-8,11-14,19-21H2,1-4H3,(H,47,52)(H,48,53)(H4,41,42,45)(H4,43,44,46)/t24-,25-/m0/s1. The quantitative estimate of drug-likeness (QED) is 0.0163. The van der Waals surface area contributed by atoms with Crippen LogP contribution in [0.4, 0.5) is 0 Å². The van der Waals surface area contributed by atoms with Crippen LogP contribution in [0, 0.1) is 10.8 Å². The number of hydrogen-bond acceptors (Lipinski definition) is 12. The van der Waals surface area contributed by atoms with Crippen LogP contribution >= 0.6 is 0 Å². The molecule has 58 heavy (non-hydrogen) atoms. The predicted octanol–water partition coefficient (Wildman–Crippen LogP) is 1.81. The molecule has 0 radical (unpaired) electrons. The topological polar surface area (TPSA) is 305 Å². The van der Waals surface area contributed by atoms with Crippen molar-refractivity contribution < 1.29 is 43.3 Å². The SMILES string of the molecule is CC(C)=CCc1c(OCC(=O)N[C@H](C=O)CCCNC(=N)N)cc2oc3cc(OCC(=O)N[C@H](C=O)CCCNC(=N)N)c(CO)c(CC=C(C)C)c3c(=O)c2c1O. The zero-order valence-corrected chi connectivity index (χ0v) is 33.2. The van der Waals surface area contributed by atoms with Crippen LogP contribution in [0.3, 0.4) is 0 Å². The first-order valence-corrected chi connectivity index (χ1v) is 18.7. The Balaban J connectivity index is 2.06. The average molecular weight is 807 g/mol. The Morgan fingerprint density at radius 1 is 0.776 bits per heavy atom. The van der Waals surface area contributed by atoms with Gasteiger partial charge in [0, 0.05) is 36.3 Å². The van der Waals surface area contributed by atoms with Gasteiger partial charge in [-0.15, -0.1) is 0 Å². The van der Waals surface area contributed by atoms with Crippen molar-refractivity contribution in [3.05, 3.63) is 62.3 Å². The van der Waals surface area contributed by atoms with Gasteiger partial charge in [0.2, 0.25) is 5.43 Å². The van der Waals surface area contributed by atoms with Gasteiger partial charge in [-0.3, -0.25) is 25.2 Å². The highest BCUT2D eigenvalue weighted by Crippen LogP contribution is 2.39. The zero-order valence-electron chi connectivity index (χ0n) is 33.2. The van der Waals surface area contributed by atoms with Crippen LogP contribution in [0.15, 0.2) is 44.6 Å². The molecule has 314 valence electrons. The monoisotopic (exact) mass is 806 g/mol. The third kappa shape index (κ3) is 13.4. The van der Waals surface area contributed by atoms with Crippen LogP contribution in [0.25, 0.3) is 21.9 Å². The highest BCUT2D eigenvalue weighted by atomic mass is 16.5. The number of nitrogens with two attached hydrogens (primary N) is 2. The van der Waals surface area contributed by atoms with Crippen LogP contribution < -0.4 is 47.6 Å². The summed E-state index contributed by atoms with van der Waals surface area (Å²) in [5.41, 5.74) is 12.5. The molecule has 0 unspecified atom stereocenters. The molecule has 2 atom stereocenters. The maximum Gasteiger partial charge on any atom is 0.258 e. The van der Waals surface area contributed by atoms with E-state index < -0.39 is 54.9 Å². The highest BCUT2D eigenvalue weighted by Gasteiger charge is 2.25. The van der Waals surface area contributed by atoms with Gasteiger partial charge in [-0.25, -0.2) is 0 Å². The van der Waals surface area contributed by atoms with Gasteiger partial charge in [-0.05, 0) is 71.8 Å². The minimum absolute atomic E-state index is 0.0132. The van der Waals surface area contributed by atoms with E-state index in [-0.39, 0.29) is 82.2 Å². The molecular formula is C40H54N8O10. The van der Waals surface area contributed by atoms with Crippen molar-refractivity contribution in [1.82, 2.24) is 21.3 Å². The summed E-state index contributed by atoms with van der Waals surface area (Å²) in [7, 11) is 0. The summed E-state index contributed by atoms with van der Waals surface area (Å²) in [6.07, 6.45) is 6.55. The molecule has 18 heteroatoms. The summed E-state index contributed by atoms with van der Waals surface area (Å²) < 4.78 is 18.0. The van der Waals surface area contributed by atoms with Gasteiger partial charge in [0.05, 0.1) is 24.1 Å². The first-order valence-electron chi connectivity index (χ1n) is 18.7. The van der Waals surface area contributed by atoms with Crippen LogP contribution in [-0.4, -0.2) is 84.9 Å². The van der Waals surface area contributed by atoms with E-state index in [9.17, 15) is 34.2 Å². The van der Waals surface area contributed by atoms with E-state index in [0.29, 0.717) is 44.1 Å². The van der Waals surface area contributed by atoms with Crippen molar-refractivity contribution in [1.29, 1.82) is 10.8 Å². The molecule has 0 bridgehead atoms. The van der Waals surface area contributed by atoms with Crippen LogP contribution in [0.5, 0.6) is 17.2 Å². The van der Waals surface area contributed by atoms with Crippen molar-refractivity contribution in [2.75, 3.05) is 26.3 Å². The van der Waals surface area contributed by atoms with Crippen molar-refractivity contribution in [3.8, 4) is 17.2 Å². The summed E-state index contributed by atoms with van der Waals surface area (Å²) in [4.78, 5) is 63.4. The number of guanidine groups is 2. The molecule has 1 aromatic heterocycles. The Bertz CT molecular complexity index is 2120. The Labute approximate surface area is 335 Å². The van der Waals surface area contributed by atoms with E-state index in [4.69, 9.17) is 36.2 Å². The van der Waals surface area contributed by atoms with Gasteiger partial charge in [-0.1, -0.05) is 23.3 Å². The number of allylic oxidation sites excluding steroid dienone is 4. The van der Waals surface area contributed by atoms with Gasteiger partial charge in [0.15, 0.2) is 25.1 Å². The third-order valence-electron chi connectivity index (χ3n) is 8.82. The lowest BCUT2D eigenvalue weighted by atomic mass is 9.95. The molecule has 0 aliphatic heterocycles. The lowest BCUT2D eigenvalue weighted by Gasteiger charge is -2.19. The molecule has 18 nitrogen and oxygen atoms in total. The van der Waals surface area contributed by atoms with Crippen molar-refractivity contribution in [2.45, 2.75) is 84.9 Å². The lowest BCUT2D eigenvalue weighted by molar-refractivity contribution is -0.126. The van der Waals surface area contributed by atoms with Crippen LogP contribution in [0.2, 0.25) is 0 Å². The number of aliphatic hydroxyl groups excluding tert-OH is 1. The fourth-order valence-electron chi connectivity index (χ4n) is 5.95. The van der Waals surface area contributed by atoms with E-state index in [1.165, 1.54) is 12.1 Å². The summed E-state index contributed by atoms with van der Waals surface area (Å²) >= 11 is 0. The van der Waals surface area contributed by atoms with E-state index in [2.05, 4.69) is 21.3 Å². The average Bonchev–Trinajstić information content (AvgIpc) is 3.16. The van der Waals surface area contributed by atoms with Crippen molar-refractivity contribution in [2.24, 2.45) is 11.5 Å². The fraction of sp³-hybridized carbons (Fsp3) is 0.425. The van der Waals surface area contributed by atoms with Gasteiger partial charge >= 0.3 is 0 Å². The number of ether oxygens (including phenoxy) is 2. The molecule has 0 spiro atoms. The van der Waals surface area contributed by atoms with Gasteiger partial charge < -0.3 is 66.4 Å². The number of benzene rings is 2. The maximum atomic E-state index is 14.4. The number of rotatable bonds is 23. The molecule has 0 aliphatic rings. The summed E-state index contributed by atoms with van der Waals surface area (Å²) in [6, 6.07) is 1.08. The number of phenolic OH excluding ortho intramolecular Hbond substituents is 1. The van der Waals surface area contributed by atoms with E-state index in [0.717, 1.165) is 11.1 Å². The minimum atomic E-state index is -0.833.